The molecule has 2 aromatic rings. The number of aryl methyl sites for hydroxylation is 1. The van der Waals surface area contributed by atoms with Crippen LogP contribution in [0, 0.1) is 10.1 Å². The van der Waals surface area contributed by atoms with Gasteiger partial charge in [0, 0.05) is 7.05 Å². The van der Waals surface area contributed by atoms with Crippen molar-refractivity contribution in [3.63, 3.8) is 0 Å². The normalized spacial score (nSPS) is 10.8. The van der Waals surface area contributed by atoms with E-state index in [-0.39, 0.29) is 21.1 Å². The van der Waals surface area contributed by atoms with Crippen molar-refractivity contribution in [1.82, 2.24) is 4.74 Å². The molecule has 7 heteroatoms. The van der Waals surface area contributed by atoms with Crippen molar-refractivity contribution in [3.8, 4) is 0 Å². The average Bonchev–Trinajstić information content (AvgIpc) is 2.44. The van der Waals surface area contributed by atoms with Crippen molar-refractivity contribution in [3.05, 3.63) is 37.1 Å². The van der Waals surface area contributed by atoms with E-state index in [9.17, 15) is 14.9 Å². The first-order valence-corrected chi connectivity index (χ1v) is 4.74. The Labute approximate surface area is 91.3 Å². The number of fused-ring (bicyclic) bond motifs is 1. The van der Waals surface area contributed by atoms with Crippen LogP contribution in [0.1, 0.15) is 0 Å². The average molecular weight is 273 g/mol. The molecule has 0 bridgehead atoms. The van der Waals surface area contributed by atoms with Crippen LogP contribution >= 0.6 is 15.9 Å². The summed E-state index contributed by atoms with van der Waals surface area (Å²) in [5, 5.41) is 10.8. The van der Waals surface area contributed by atoms with Crippen LogP contribution in [0.25, 0.3) is 11.0 Å². The molecule has 78 valence electrons. The van der Waals surface area contributed by atoms with Gasteiger partial charge >= 0.3 is 0 Å². The van der Waals surface area contributed by atoms with Crippen LogP contribution in [0.3, 0.4) is 0 Å². The zero-order valence-corrected chi connectivity index (χ0v) is 9.15. The maximum atomic E-state index is 11.5. The second-order valence-corrected chi connectivity index (χ2v) is 3.77. The van der Waals surface area contributed by atoms with Crippen LogP contribution in [0.2, 0.25) is 0 Å². The number of hydrogen-bond donors (Lipinski definition) is 0. The highest BCUT2D eigenvalue weighted by molar-refractivity contribution is 9.10. The van der Waals surface area contributed by atoms with Gasteiger partial charge in [0.1, 0.15) is 0 Å². The maximum absolute atomic E-state index is 11.5. The number of hydrogen-bond acceptors (Lipinski definition) is 4. The molecule has 6 nitrogen and oxygen atoms in total. The monoisotopic (exact) mass is 272 g/mol. The second-order valence-electron chi connectivity index (χ2n) is 2.92. The number of benzene rings is 1. The van der Waals surface area contributed by atoms with Gasteiger partial charge in [-0.3, -0.25) is 14.9 Å². The van der Waals surface area contributed by atoms with Crippen LogP contribution in [-0.2, 0) is 7.05 Å². The van der Waals surface area contributed by atoms with E-state index < -0.39 is 10.5 Å². The Morgan fingerprint density at radius 2 is 2.20 bits per heavy atom. The number of aromatic nitrogens is 1. The Morgan fingerprint density at radius 1 is 1.53 bits per heavy atom. The number of halogens is 1. The molecule has 2 rings (SSSR count). The lowest BCUT2D eigenvalue weighted by Crippen LogP contribution is -2.10. The lowest BCUT2D eigenvalue weighted by molar-refractivity contribution is -0.383. The molecule has 0 amide bonds. The summed E-state index contributed by atoms with van der Waals surface area (Å²) in [5.41, 5.74) is -0.572. The number of nitrogens with zero attached hydrogens (tertiary/aromatic N) is 2. The summed E-state index contributed by atoms with van der Waals surface area (Å²) in [6.45, 7) is 0. The highest BCUT2D eigenvalue weighted by atomic mass is 79.9. The number of rotatable bonds is 1. The van der Waals surface area contributed by atoms with Gasteiger partial charge < -0.3 is 4.52 Å². The maximum Gasteiger partial charge on any atom is 0.300 e. The van der Waals surface area contributed by atoms with Crippen LogP contribution in [0.5, 0.6) is 0 Å². The Bertz CT molecular complexity index is 613. The molecular weight excluding hydrogens is 268 g/mol. The molecule has 15 heavy (non-hydrogen) atoms. The molecule has 0 spiro atoms. The van der Waals surface area contributed by atoms with Gasteiger partial charge in [-0.2, -0.15) is 4.74 Å². The summed E-state index contributed by atoms with van der Waals surface area (Å²) in [7, 11) is 1.40. The van der Waals surface area contributed by atoms with Crippen LogP contribution in [0.15, 0.2) is 25.9 Å². The van der Waals surface area contributed by atoms with E-state index >= 15 is 0 Å². The Hall–Kier alpha value is -1.63. The molecule has 0 unspecified atom stereocenters. The van der Waals surface area contributed by atoms with Gasteiger partial charge in [-0.1, -0.05) is 0 Å². The summed E-state index contributed by atoms with van der Waals surface area (Å²) in [5.74, 6) is 0. The number of nitro groups is 1. The molecular formula is C8H5BrN2O4. The molecule has 0 saturated heterocycles. The third-order valence-electron chi connectivity index (χ3n) is 2.01. The molecule has 1 aromatic heterocycles. The minimum absolute atomic E-state index is 0.0168. The minimum Gasteiger partial charge on any atom is -0.376 e. The van der Waals surface area contributed by atoms with Crippen LogP contribution < -0.4 is 5.56 Å². The van der Waals surface area contributed by atoms with E-state index in [4.69, 9.17) is 4.52 Å². The Morgan fingerprint density at radius 3 is 2.80 bits per heavy atom. The van der Waals surface area contributed by atoms with Crippen molar-refractivity contribution in [2.75, 3.05) is 0 Å². The van der Waals surface area contributed by atoms with Gasteiger partial charge in [-0.15, -0.1) is 0 Å². The molecule has 0 aliphatic carbocycles. The molecule has 0 fully saturated rings. The first-order valence-electron chi connectivity index (χ1n) is 3.95. The highest BCUT2D eigenvalue weighted by Gasteiger charge is 2.23. The predicted molar refractivity (Wildman–Crippen MR) is 55.8 cm³/mol. The van der Waals surface area contributed by atoms with Gasteiger partial charge in [0.2, 0.25) is 0 Å². The number of nitro benzene ring substituents is 1. The van der Waals surface area contributed by atoms with E-state index in [1.807, 2.05) is 0 Å². The summed E-state index contributed by atoms with van der Waals surface area (Å²) in [4.78, 5) is 21.7. The Balaban J connectivity index is 3.04. The molecule has 0 aliphatic rings. The molecule has 0 atom stereocenters. The highest BCUT2D eigenvalue weighted by Crippen LogP contribution is 2.31. The van der Waals surface area contributed by atoms with Gasteiger partial charge in [0.05, 0.1) is 9.40 Å². The summed E-state index contributed by atoms with van der Waals surface area (Å²) < 4.78 is 6.25. The first-order chi connectivity index (χ1) is 7.02. The van der Waals surface area contributed by atoms with Crippen LogP contribution in [-0.4, -0.2) is 9.66 Å². The van der Waals surface area contributed by atoms with Crippen molar-refractivity contribution < 1.29 is 9.45 Å². The van der Waals surface area contributed by atoms with Gasteiger partial charge in [0.15, 0.2) is 11.0 Å². The SMILES string of the molecule is Cn1oc2ccc(Br)c([N+](=O)[O-])c2c1=O. The molecule has 0 aliphatic heterocycles. The molecule has 1 heterocycles. The zero-order chi connectivity index (χ0) is 11.2. The fourth-order valence-corrected chi connectivity index (χ4v) is 1.83. The quantitative estimate of drug-likeness (QED) is 0.586. The van der Waals surface area contributed by atoms with E-state index in [0.29, 0.717) is 0 Å². The third-order valence-corrected chi connectivity index (χ3v) is 2.65. The van der Waals surface area contributed by atoms with Gasteiger partial charge in [0.25, 0.3) is 11.2 Å². The fourth-order valence-electron chi connectivity index (χ4n) is 1.35. The topological polar surface area (TPSA) is 78.3 Å². The molecule has 0 N–H and O–H groups in total. The van der Waals surface area contributed by atoms with E-state index in [2.05, 4.69) is 15.9 Å². The van der Waals surface area contributed by atoms with Crippen molar-refractivity contribution in [2.45, 2.75) is 0 Å². The largest absolute Gasteiger partial charge is 0.376 e. The lowest BCUT2D eigenvalue weighted by atomic mass is 10.2. The molecule has 0 radical (unpaired) electrons. The van der Waals surface area contributed by atoms with Gasteiger partial charge in [-0.05, 0) is 28.1 Å². The van der Waals surface area contributed by atoms with E-state index in [0.717, 1.165) is 4.74 Å². The second kappa shape index (κ2) is 3.20. The summed E-state index contributed by atoms with van der Waals surface area (Å²) in [6.07, 6.45) is 0. The third kappa shape index (κ3) is 1.35. The fraction of sp³-hybridized carbons (Fsp3) is 0.125. The van der Waals surface area contributed by atoms with E-state index in [1.165, 1.54) is 19.2 Å². The van der Waals surface area contributed by atoms with Crippen molar-refractivity contribution in [1.29, 1.82) is 0 Å². The van der Waals surface area contributed by atoms with E-state index in [1.54, 1.807) is 0 Å². The molecule has 1 aromatic carbocycles. The summed E-state index contributed by atoms with van der Waals surface area (Å²) in [6, 6.07) is 2.98. The first kappa shape index (κ1) is 9.91. The van der Waals surface area contributed by atoms with Crippen molar-refractivity contribution >= 4 is 32.6 Å². The van der Waals surface area contributed by atoms with Crippen LogP contribution in [0.4, 0.5) is 5.69 Å². The van der Waals surface area contributed by atoms with Gasteiger partial charge in [-0.25, -0.2) is 0 Å². The lowest BCUT2D eigenvalue weighted by Gasteiger charge is -1.93. The minimum atomic E-state index is -0.608. The zero-order valence-electron chi connectivity index (χ0n) is 7.56. The Kier molecular flexibility index (Phi) is 2.11. The smallest absolute Gasteiger partial charge is 0.300 e. The standard InChI is InChI=1S/C8H5BrN2O4/c1-10-8(12)6-5(15-10)3-2-4(9)7(6)11(13)14/h2-3H,1H3. The van der Waals surface area contributed by atoms with Crippen molar-refractivity contribution in [2.24, 2.45) is 7.05 Å². The summed E-state index contributed by atoms with van der Waals surface area (Å²) >= 11 is 3.03. The molecule has 0 saturated carbocycles. The predicted octanol–water partition coefficient (Wildman–Crippen LogP) is 1.80.